The number of aliphatic carboxylic acids is 1. The Labute approximate surface area is 147 Å². The third-order valence-corrected chi connectivity index (χ3v) is 5.41. The van der Waals surface area contributed by atoms with Crippen LogP contribution in [-0.2, 0) is 14.8 Å². The lowest BCUT2D eigenvalue weighted by Crippen LogP contribution is -2.29. The topological polar surface area (TPSA) is 127 Å². The van der Waals surface area contributed by atoms with Gasteiger partial charge in [0.05, 0.1) is 23.0 Å². The highest BCUT2D eigenvalue weighted by Gasteiger charge is 2.30. The Balaban J connectivity index is 2.43. The molecule has 0 bridgehead atoms. The molecular weight excluding hydrogens is 364 g/mol. The second kappa shape index (κ2) is 6.15. The summed E-state index contributed by atoms with van der Waals surface area (Å²) in [5.41, 5.74) is -0.482. The van der Waals surface area contributed by atoms with Crippen molar-refractivity contribution in [3.05, 3.63) is 54.5 Å². The van der Waals surface area contributed by atoms with E-state index in [1.165, 1.54) is 31.4 Å². The van der Waals surface area contributed by atoms with Crippen LogP contribution in [0.25, 0.3) is 10.9 Å². The van der Waals surface area contributed by atoms with Crippen molar-refractivity contribution in [3.8, 4) is 5.75 Å². The summed E-state index contributed by atoms with van der Waals surface area (Å²) in [7, 11) is -2.91. The molecule has 3 aromatic rings. The molecule has 2 aromatic heterocycles. The highest BCUT2D eigenvalue weighted by molar-refractivity contribution is 7.90. The second-order valence-electron chi connectivity index (χ2n) is 5.26. The number of methoxy groups -OCH3 is 1. The van der Waals surface area contributed by atoms with E-state index in [1.54, 1.807) is 6.07 Å². The van der Waals surface area contributed by atoms with Gasteiger partial charge in [-0.25, -0.2) is 17.2 Å². The Hall–Kier alpha value is -3.40. The van der Waals surface area contributed by atoms with E-state index < -0.39 is 21.8 Å². The fraction of sp³-hybridized carbons (Fsp3) is 0.0625. The molecule has 26 heavy (non-hydrogen) atoms. The predicted molar refractivity (Wildman–Crippen MR) is 86.9 cm³/mol. The molecule has 0 fully saturated rings. The summed E-state index contributed by atoms with van der Waals surface area (Å²) in [6.07, 6.45) is 3.03. The van der Waals surface area contributed by atoms with Crippen molar-refractivity contribution in [3.63, 3.8) is 0 Å². The normalized spacial score (nSPS) is 11.4. The van der Waals surface area contributed by atoms with Crippen LogP contribution in [0.2, 0.25) is 0 Å². The van der Waals surface area contributed by atoms with Crippen molar-refractivity contribution in [1.82, 2.24) is 3.97 Å². The molecule has 0 saturated carbocycles. The predicted octanol–water partition coefficient (Wildman–Crippen LogP) is 0.679. The van der Waals surface area contributed by atoms with E-state index >= 15 is 0 Å². The van der Waals surface area contributed by atoms with Crippen LogP contribution in [-0.4, -0.2) is 41.6 Å². The van der Waals surface area contributed by atoms with Crippen LogP contribution in [0, 0.1) is 0 Å². The van der Waals surface area contributed by atoms with Gasteiger partial charge in [-0.05, 0) is 12.1 Å². The van der Waals surface area contributed by atoms with Gasteiger partial charge >= 0.3 is 5.97 Å². The monoisotopic (exact) mass is 377 g/mol. The van der Waals surface area contributed by atoms with Crippen molar-refractivity contribution < 1.29 is 37.8 Å². The van der Waals surface area contributed by atoms with Gasteiger partial charge in [-0.3, -0.25) is 10.0 Å². The molecule has 1 aromatic carbocycles. The molecule has 2 N–H and O–H groups in total. The zero-order valence-corrected chi connectivity index (χ0v) is 14.2. The lowest BCUT2D eigenvalue weighted by molar-refractivity contribution is -0.904. The van der Waals surface area contributed by atoms with E-state index in [1.807, 2.05) is 0 Å². The fourth-order valence-electron chi connectivity index (χ4n) is 2.57. The van der Waals surface area contributed by atoms with Gasteiger partial charge in [0.15, 0.2) is 5.75 Å². The molecule has 0 unspecified atom stereocenters. The van der Waals surface area contributed by atoms with Crippen LogP contribution < -0.4 is 9.47 Å². The van der Waals surface area contributed by atoms with Gasteiger partial charge in [0.2, 0.25) is 6.20 Å². The van der Waals surface area contributed by atoms with Crippen LogP contribution in [0.4, 0.5) is 0 Å². The molecule has 0 aliphatic heterocycles. The van der Waals surface area contributed by atoms with Gasteiger partial charge in [-0.2, -0.15) is 0 Å². The number of aromatic nitrogens is 2. The number of carbonyl (C=O) groups is 2. The Morgan fingerprint density at radius 2 is 1.81 bits per heavy atom. The van der Waals surface area contributed by atoms with E-state index in [0.29, 0.717) is 4.73 Å². The number of carboxylic acids is 1. The standard InChI is InChI=1S/C16H12N2O7S/c1-25-13-9-17(22)8-12-14(13)11(15(19)16(20)21)7-18(12)26(23,24)10-5-3-2-4-6-10/h2-9H,1H3,(H-,20,21,22)/p+1. The van der Waals surface area contributed by atoms with Crippen LogP contribution >= 0.6 is 0 Å². The zero-order valence-electron chi connectivity index (χ0n) is 13.4. The maximum absolute atomic E-state index is 12.9. The minimum absolute atomic E-state index is 0.0373. The number of ether oxygens (including phenoxy) is 1. The SMILES string of the molecule is COc1c[n+](O)cc2c1c(C(=O)C(=O)O)cn2S(=O)(=O)c1ccccc1. The molecule has 0 radical (unpaired) electrons. The first kappa shape index (κ1) is 17.4. The number of hydrogen-bond donors (Lipinski definition) is 2. The summed E-state index contributed by atoms with van der Waals surface area (Å²) in [6, 6.07) is 7.39. The average molecular weight is 377 g/mol. The first-order chi connectivity index (χ1) is 12.3. The van der Waals surface area contributed by atoms with E-state index in [0.717, 1.165) is 22.6 Å². The summed E-state index contributed by atoms with van der Waals surface area (Å²) in [5.74, 6) is -3.11. The molecule has 10 heteroatoms. The van der Waals surface area contributed by atoms with Gasteiger partial charge in [-0.15, -0.1) is 0 Å². The lowest BCUT2D eigenvalue weighted by atomic mass is 10.1. The van der Waals surface area contributed by atoms with E-state index in [2.05, 4.69) is 0 Å². The number of ketones is 1. The van der Waals surface area contributed by atoms with Crippen LogP contribution in [0.15, 0.2) is 53.8 Å². The van der Waals surface area contributed by atoms with E-state index in [4.69, 9.17) is 9.84 Å². The van der Waals surface area contributed by atoms with Crippen molar-refractivity contribution in [2.75, 3.05) is 7.11 Å². The number of Topliss-reactive ketones (excluding diaryl/α,β-unsaturated/α-hetero) is 1. The summed E-state index contributed by atoms with van der Waals surface area (Å²) >= 11 is 0. The number of carboxylic acid groups (broad SMARTS) is 1. The quantitative estimate of drug-likeness (QED) is 0.290. The van der Waals surface area contributed by atoms with Crippen molar-refractivity contribution in [2.45, 2.75) is 4.90 Å². The zero-order chi connectivity index (χ0) is 19.1. The number of rotatable bonds is 5. The first-order valence-corrected chi connectivity index (χ1v) is 8.63. The van der Waals surface area contributed by atoms with Crippen molar-refractivity contribution in [1.29, 1.82) is 0 Å². The molecule has 0 aliphatic carbocycles. The Kier molecular flexibility index (Phi) is 4.12. The fourth-order valence-corrected chi connectivity index (χ4v) is 3.94. The summed E-state index contributed by atoms with van der Waals surface area (Å²) < 4.78 is 32.3. The molecule has 0 spiro atoms. The Morgan fingerprint density at radius 1 is 1.15 bits per heavy atom. The molecule has 3 rings (SSSR count). The number of fused-ring (bicyclic) bond motifs is 1. The van der Waals surface area contributed by atoms with E-state index in [9.17, 15) is 23.2 Å². The number of hydrogen-bond acceptors (Lipinski definition) is 6. The van der Waals surface area contributed by atoms with Crippen molar-refractivity contribution >= 4 is 32.7 Å². The van der Waals surface area contributed by atoms with Gasteiger partial charge in [0.1, 0.15) is 5.52 Å². The number of benzene rings is 1. The van der Waals surface area contributed by atoms with Gasteiger partial charge in [-0.1, -0.05) is 18.2 Å². The summed E-state index contributed by atoms with van der Waals surface area (Å²) in [4.78, 5) is 23.1. The molecule has 9 nitrogen and oxygen atoms in total. The smallest absolute Gasteiger partial charge is 0.377 e. The maximum Gasteiger partial charge on any atom is 0.377 e. The summed E-state index contributed by atoms with van der Waals surface area (Å²) in [5, 5.41) is 18.8. The maximum atomic E-state index is 12.9. The van der Waals surface area contributed by atoms with Crippen LogP contribution in [0.5, 0.6) is 5.75 Å². The molecule has 2 heterocycles. The van der Waals surface area contributed by atoms with Gasteiger partial charge < -0.3 is 9.84 Å². The molecule has 0 amide bonds. The van der Waals surface area contributed by atoms with Gasteiger partial charge in [0.25, 0.3) is 22.0 Å². The Morgan fingerprint density at radius 3 is 2.38 bits per heavy atom. The highest BCUT2D eigenvalue weighted by Crippen LogP contribution is 2.31. The number of nitrogens with zero attached hydrogens (tertiary/aromatic N) is 2. The second-order valence-corrected chi connectivity index (χ2v) is 7.07. The Bertz CT molecular complexity index is 1130. The molecule has 0 atom stereocenters. The lowest BCUT2D eigenvalue weighted by Gasteiger charge is -2.06. The molecule has 0 aliphatic rings. The third kappa shape index (κ3) is 2.65. The van der Waals surface area contributed by atoms with Crippen LogP contribution in [0.1, 0.15) is 10.4 Å². The number of carbonyl (C=O) groups excluding carboxylic acids is 1. The van der Waals surface area contributed by atoms with Crippen LogP contribution in [0.3, 0.4) is 0 Å². The van der Waals surface area contributed by atoms with Gasteiger partial charge in [0, 0.05) is 10.9 Å². The minimum atomic E-state index is -4.15. The third-order valence-electron chi connectivity index (χ3n) is 3.72. The minimum Gasteiger partial charge on any atom is -0.490 e. The molecule has 0 saturated heterocycles. The van der Waals surface area contributed by atoms with Crippen molar-refractivity contribution in [2.24, 2.45) is 0 Å². The van der Waals surface area contributed by atoms with E-state index in [-0.39, 0.29) is 27.1 Å². The molecular formula is C16H13N2O7S+. The number of pyridine rings is 1. The molecule has 134 valence electrons. The summed E-state index contributed by atoms with van der Waals surface area (Å²) in [6.45, 7) is 0. The first-order valence-electron chi connectivity index (χ1n) is 7.19. The average Bonchev–Trinajstić information content (AvgIpc) is 3.01. The highest BCUT2D eigenvalue weighted by atomic mass is 32.2. The largest absolute Gasteiger partial charge is 0.490 e.